The van der Waals surface area contributed by atoms with Crippen molar-refractivity contribution in [1.82, 2.24) is 0 Å². The SMILES string of the molecule is CC1=C(CC(=O)O)c2c(C)cccc2C1=Cc1ccccc1-c1ccccc1. The molecule has 2 nitrogen and oxygen atoms in total. The van der Waals surface area contributed by atoms with Crippen LogP contribution in [0.4, 0.5) is 0 Å². The van der Waals surface area contributed by atoms with Crippen molar-refractivity contribution in [3.63, 3.8) is 0 Å². The Morgan fingerprint density at radius 1 is 0.857 bits per heavy atom. The highest BCUT2D eigenvalue weighted by Gasteiger charge is 2.26. The van der Waals surface area contributed by atoms with E-state index in [4.69, 9.17) is 0 Å². The fourth-order valence-electron chi connectivity index (χ4n) is 4.06. The first-order chi connectivity index (χ1) is 13.6. The van der Waals surface area contributed by atoms with Crippen molar-refractivity contribution in [3.8, 4) is 11.1 Å². The zero-order valence-electron chi connectivity index (χ0n) is 16.1. The minimum absolute atomic E-state index is 0.0430. The van der Waals surface area contributed by atoms with Crippen molar-refractivity contribution in [2.24, 2.45) is 0 Å². The third-order valence-corrected chi connectivity index (χ3v) is 5.39. The van der Waals surface area contributed by atoms with Gasteiger partial charge in [-0.05, 0) is 70.0 Å². The summed E-state index contributed by atoms with van der Waals surface area (Å²) in [6.45, 7) is 4.09. The van der Waals surface area contributed by atoms with Gasteiger partial charge in [0.25, 0.3) is 0 Å². The summed E-state index contributed by atoms with van der Waals surface area (Å²) in [5.41, 5.74) is 9.87. The zero-order valence-corrected chi connectivity index (χ0v) is 16.1. The second-order valence-corrected chi connectivity index (χ2v) is 7.18. The molecule has 4 rings (SSSR count). The van der Waals surface area contributed by atoms with E-state index in [0.29, 0.717) is 0 Å². The number of hydrogen-bond acceptors (Lipinski definition) is 1. The van der Waals surface area contributed by atoms with E-state index in [2.05, 4.69) is 55.5 Å². The quantitative estimate of drug-likeness (QED) is 0.575. The van der Waals surface area contributed by atoms with E-state index in [1.54, 1.807) is 0 Å². The summed E-state index contributed by atoms with van der Waals surface area (Å²) in [5.74, 6) is -0.797. The van der Waals surface area contributed by atoms with Gasteiger partial charge in [0, 0.05) is 0 Å². The number of carboxylic acids is 1. The smallest absolute Gasteiger partial charge is 0.307 e. The van der Waals surface area contributed by atoms with Crippen molar-refractivity contribution >= 4 is 23.2 Å². The second kappa shape index (κ2) is 7.32. The van der Waals surface area contributed by atoms with Gasteiger partial charge in [0.15, 0.2) is 0 Å². The molecule has 0 unspecified atom stereocenters. The minimum atomic E-state index is -0.797. The first kappa shape index (κ1) is 18.0. The zero-order chi connectivity index (χ0) is 19.7. The normalized spacial score (nSPS) is 14.4. The molecule has 2 heteroatoms. The molecule has 0 atom stereocenters. The average molecular weight is 366 g/mol. The van der Waals surface area contributed by atoms with Crippen molar-refractivity contribution in [2.45, 2.75) is 20.3 Å². The number of hydrogen-bond donors (Lipinski definition) is 1. The van der Waals surface area contributed by atoms with Gasteiger partial charge in [-0.1, -0.05) is 72.8 Å². The number of aliphatic carboxylic acids is 1. The second-order valence-electron chi connectivity index (χ2n) is 7.18. The van der Waals surface area contributed by atoms with Crippen LogP contribution in [0.2, 0.25) is 0 Å². The summed E-state index contributed by atoms with van der Waals surface area (Å²) < 4.78 is 0. The first-order valence-corrected chi connectivity index (χ1v) is 9.44. The molecule has 0 saturated heterocycles. The summed E-state index contributed by atoms with van der Waals surface area (Å²) in [6, 6.07) is 24.9. The van der Waals surface area contributed by atoms with Crippen LogP contribution in [-0.2, 0) is 4.79 Å². The highest BCUT2D eigenvalue weighted by molar-refractivity contribution is 6.08. The molecule has 3 aromatic rings. The number of fused-ring (bicyclic) bond motifs is 1. The van der Waals surface area contributed by atoms with Gasteiger partial charge in [0.2, 0.25) is 0 Å². The molecule has 0 radical (unpaired) electrons. The lowest BCUT2D eigenvalue weighted by molar-refractivity contribution is -0.135. The maximum absolute atomic E-state index is 11.5. The van der Waals surface area contributed by atoms with E-state index in [-0.39, 0.29) is 6.42 Å². The summed E-state index contributed by atoms with van der Waals surface area (Å²) in [6.07, 6.45) is 2.24. The Morgan fingerprint density at radius 3 is 2.29 bits per heavy atom. The Morgan fingerprint density at radius 2 is 1.54 bits per heavy atom. The maximum Gasteiger partial charge on any atom is 0.307 e. The molecular formula is C26H22O2. The summed E-state index contributed by atoms with van der Waals surface area (Å²) >= 11 is 0. The fourth-order valence-corrected chi connectivity index (χ4v) is 4.06. The molecule has 3 aromatic carbocycles. The van der Waals surface area contributed by atoms with Gasteiger partial charge in [-0.25, -0.2) is 0 Å². The molecule has 0 spiro atoms. The molecule has 28 heavy (non-hydrogen) atoms. The van der Waals surface area contributed by atoms with Crippen LogP contribution < -0.4 is 0 Å². The molecule has 0 bridgehead atoms. The third-order valence-electron chi connectivity index (χ3n) is 5.39. The molecule has 1 aliphatic carbocycles. The van der Waals surface area contributed by atoms with Crippen LogP contribution in [0.5, 0.6) is 0 Å². The van der Waals surface area contributed by atoms with Crippen molar-refractivity contribution < 1.29 is 9.90 Å². The number of rotatable bonds is 4. The highest BCUT2D eigenvalue weighted by atomic mass is 16.4. The Kier molecular flexibility index (Phi) is 4.70. The number of aryl methyl sites for hydroxylation is 1. The third kappa shape index (κ3) is 3.18. The number of allylic oxidation sites excluding steroid dienone is 2. The highest BCUT2D eigenvalue weighted by Crippen LogP contribution is 2.45. The average Bonchev–Trinajstić information content (AvgIpc) is 2.95. The molecule has 0 fully saturated rings. The maximum atomic E-state index is 11.5. The van der Waals surface area contributed by atoms with Crippen LogP contribution in [0.1, 0.15) is 35.6 Å². The predicted molar refractivity (Wildman–Crippen MR) is 116 cm³/mol. The molecule has 138 valence electrons. The van der Waals surface area contributed by atoms with E-state index in [0.717, 1.165) is 39.0 Å². The topological polar surface area (TPSA) is 37.3 Å². The van der Waals surface area contributed by atoms with Crippen molar-refractivity contribution in [1.29, 1.82) is 0 Å². The van der Waals surface area contributed by atoms with Crippen LogP contribution in [0.3, 0.4) is 0 Å². The monoisotopic (exact) mass is 366 g/mol. The van der Waals surface area contributed by atoms with Gasteiger partial charge < -0.3 is 5.11 Å². The van der Waals surface area contributed by atoms with Gasteiger partial charge in [0.05, 0.1) is 6.42 Å². The lowest BCUT2D eigenvalue weighted by Gasteiger charge is -2.10. The van der Waals surface area contributed by atoms with E-state index in [1.807, 2.05) is 37.3 Å². The number of benzene rings is 3. The molecule has 0 aliphatic heterocycles. The molecule has 1 aliphatic rings. The number of carboxylic acid groups (broad SMARTS) is 1. The van der Waals surface area contributed by atoms with E-state index >= 15 is 0 Å². The van der Waals surface area contributed by atoms with Crippen LogP contribution in [0.15, 0.2) is 78.4 Å². The first-order valence-electron chi connectivity index (χ1n) is 9.44. The van der Waals surface area contributed by atoms with E-state index in [1.165, 1.54) is 11.1 Å². The summed E-state index contributed by atoms with van der Waals surface area (Å²) in [4.78, 5) is 11.5. The van der Waals surface area contributed by atoms with Gasteiger partial charge in [-0.3, -0.25) is 4.79 Å². The fraction of sp³-hybridized carbons (Fsp3) is 0.115. The molecule has 0 amide bonds. The predicted octanol–water partition coefficient (Wildman–Crippen LogP) is 6.46. The lowest BCUT2D eigenvalue weighted by Crippen LogP contribution is -1.98. The van der Waals surface area contributed by atoms with Crippen LogP contribution in [0.25, 0.3) is 28.3 Å². The molecule has 0 heterocycles. The van der Waals surface area contributed by atoms with Crippen LogP contribution in [0, 0.1) is 6.92 Å². The van der Waals surface area contributed by atoms with Crippen molar-refractivity contribution in [2.75, 3.05) is 0 Å². The summed E-state index contributed by atoms with van der Waals surface area (Å²) in [5, 5.41) is 9.42. The Balaban J connectivity index is 1.91. The van der Waals surface area contributed by atoms with Crippen LogP contribution >= 0.6 is 0 Å². The largest absolute Gasteiger partial charge is 0.481 e. The van der Waals surface area contributed by atoms with Crippen molar-refractivity contribution in [3.05, 3.63) is 101 Å². The summed E-state index contributed by atoms with van der Waals surface area (Å²) in [7, 11) is 0. The van der Waals surface area contributed by atoms with E-state index < -0.39 is 5.97 Å². The van der Waals surface area contributed by atoms with Gasteiger partial charge >= 0.3 is 5.97 Å². The van der Waals surface area contributed by atoms with Gasteiger partial charge in [-0.2, -0.15) is 0 Å². The minimum Gasteiger partial charge on any atom is -0.481 e. The van der Waals surface area contributed by atoms with Gasteiger partial charge in [-0.15, -0.1) is 0 Å². The lowest BCUT2D eigenvalue weighted by atomic mass is 9.94. The molecule has 0 saturated carbocycles. The molecule has 1 N–H and O–H groups in total. The van der Waals surface area contributed by atoms with E-state index in [9.17, 15) is 9.90 Å². The number of carbonyl (C=O) groups is 1. The molecular weight excluding hydrogens is 344 g/mol. The Hall–Kier alpha value is -3.39. The Labute approximate surface area is 165 Å². The van der Waals surface area contributed by atoms with Crippen LogP contribution in [-0.4, -0.2) is 11.1 Å². The Bertz CT molecular complexity index is 1120. The molecule has 0 aromatic heterocycles. The van der Waals surface area contributed by atoms with Gasteiger partial charge in [0.1, 0.15) is 0 Å². The standard InChI is InChI=1S/C26H22O2/c1-17-9-8-14-22-23(18(2)24(26(17)22)16-25(27)28)15-20-12-6-7-13-21(20)19-10-4-3-5-11-19/h3-15H,16H2,1-2H3,(H,27,28).